The van der Waals surface area contributed by atoms with Crippen LogP contribution in [0.3, 0.4) is 0 Å². The zero-order valence-electron chi connectivity index (χ0n) is 12.4. The number of benzene rings is 1. The van der Waals surface area contributed by atoms with Crippen LogP contribution in [0.2, 0.25) is 10.0 Å². The van der Waals surface area contributed by atoms with Crippen LogP contribution in [0.4, 0.5) is 0 Å². The van der Waals surface area contributed by atoms with Gasteiger partial charge in [0.2, 0.25) is 5.91 Å². The first-order valence-corrected chi connectivity index (χ1v) is 9.29. The lowest BCUT2D eigenvalue weighted by Crippen LogP contribution is -2.37. The first-order valence-electron chi connectivity index (χ1n) is 7.14. The Hall–Kier alpha value is -0.460. The lowest BCUT2D eigenvalue weighted by molar-refractivity contribution is -0.118. The number of carbonyl (C=O) groups is 1. The third kappa shape index (κ3) is 5.03. The fraction of sp³-hybridized carbons (Fsp3) is 0.533. The monoisotopic (exact) mass is 362 g/mol. The first-order chi connectivity index (χ1) is 10.6. The normalized spacial score (nSPS) is 22.1. The van der Waals surface area contributed by atoms with Gasteiger partial charge in [-0.15, -0.1) is 0 Å². The van der Waals surface area contributed by atoms with Crippen molar-refractivity contribution in [3.05, 3.63) is 33.8 Å². The van der Waals surface area contributed by atoms with Crippen LogP contribution in [0.5, 0.6) is 0 Å². The molecule has 2 rings (SSSR count). The predicted molar refractivity (Wildman–Crippen MR) is 92.9 cm³/mol. The molecule has 0 saturated carbocycles. The van der Waals surface area contributed by atoms with E-state index in [1.807, 2.05) is 18.4 Å². The van der Waals surface area contributed by atoms with Crippen LogP contribution in [0, 0.1) is 5.92 Å². The number of carbonyl (C=O) groups excluding carboxylic acids is 1. The lowest BCUT2D eigenvalue weighted by Gasteiger charge is -2.25. The Morgan fingerprint density at radius 3 is 3.00 bits per heavy atom. The number of hydrogen-bond acceptors (Lipinski definition) is 4. The van der Waals surface area contributed by atoms with Gasteiger partial charge in [0.1, 0.15) is 0 Å². The van der Waals surface area contributed by atoms with Crippen molar-refractivity contribution in [2.24, 2.45) is 5.92 Å². The predicted octanol–water partition coefficient (Wildman–Crippen LogP) is 2.75. The number of ether oxygens (including phenoxy) is 1. The number of hydrogen-bond donors (Lipinski definition) is 2. The van der Waals surface area contributed by atoms with Gasteiger partial charge in [0.15, 0.2) is 0 Å². The van der Waals surface area contributed by atoms with Gasteiger partial charge in [-0.1, -0.05) is 29.3 Å². The lowest BCUT2D eigenvalue weighted by atomic mass is 9.95. The molecule has 2 N–H and O–H groups in total. The maximum Gasteiger partial charge on any atom is 0.229 e. The molecular formula is C15H20Cl2N2O2S. The van der Waals surface area contributed by atoms with Gasteiger partial charge in [-0.3, -0.25) is 4.79 Å². The van der Waals surface area contributed by atoms with E-state index in [1.165, 1.54) is 11.8 Å². The molecule has 22 heavy (non-hydrogen) atoms. The molecule has 2 unspecified atom stereocenters. The average molecular weight is 363 g/mol. The van der Waals surface area contributed by atoms with E-state index in [2.05, 4.69) is 10.6 Å². The Kier molecular flexibility index (Phi) is 7.31. The molecule has 1 fully saturated rings. The summed E-state index contributed by atoms with van der Waals surface area (Å²) in [7, 11) is 0. The molecule has 122 valence electrons. The third-order valence-corrected chi connectivity index (χ3v) is 4.81. The van der Waals surface area contributed by atoms with E-state index in [0.29, 0.717) is 28.9 Å². The second-order valence-corrected chi connectivity index (χ2v) is 6.85. The summed E-state index contributed by atoms with van der Waals surface area (Å²) < 4.78 is 5.97. The van der Waals surface area contributed by atoms with E-state index < -0.39 is 0 Å². The van der Waals surface area contributed by atoms with E-state index in [1.54, 1.807) is 6.07 Å². The van der Waals surface area contributed by atoms with Crippen LogP contribution >= 0.6 is 35.0 Å². The van der Waals surface area contributed by atoms with Gasteiger partial charge in [0.25, 0.3) is 0 Å². The molecule has 1 amide bonds. The highest BCUT2D eigenvalue weighted by atomic mass is 35.5. The van der Waals surface area contributed by atoms with Crippen LogP contribution in [0.1, 0.15) is 11.7 Å². The van der Waals surface area contributed by atoms with Crippen LogP contribution in [0.15, 0.2) is 18.2 Å². The van der Waals surface area contributed by atoms with E-state index in [-0.39, 0.29) is 17.9 Å². The van der Waals surface area contributed by atoms with Crippen molar-refractivity contribution in [3.63, 3.8) is 0 Å². The second-order valence-electron chi connectivity index (χ2n) is 5.17. The molecule has 0 spiro atoms. The Balaban J connectivity index is 2.09. The SMILES string of the molecule is CSCC(=O)NCC1CNCCOC1c1ccc(Cl)c(Cl)c1. The van der Waals surface area contributed by atoms with Gasteiger partial charge < -0.3 is 15.4 Å². The van der Waals surface area contributed by atoms with Crippen molar-refractivity contribution >= 4 is 40.9 Å². The largest absolute Gasteiger partial charge is 0.372 e. The molecule has 1 saturated heterocycles. The second kappa shape index (κ2) is 8.99. The smallest absolute Gasteiger partial charge is 0.229 e. The number of amides is 1. The van der Waals surface area contributed by atoms with E-state index >= 15 is 0 Å². The maximum atomic E-state index is 11.7. The number of nitrogens with one attached hydrogen (secondary N) is 2. The summed E-state index contributed by atoms with van der Waals surface area (Å²) in [5, 5.41) is 7.35. The van der Waals surface area contributed by atoms with Gasteiger partial charge >= 0.3 is 0 Å². The Bertz CT molecular complexity index is 516. The fourth-order valence-corrected chi connectivity index (χ4v) is 3.12. The summed E-state index contributed by atoms with van der Waals surface area (Å²) >= 11 is 13.6. The molecule has 7 heteroatoms. The zero-order valence-corrected chi connectivity index (χ0v) is 14.7. The van der Waals surface area contributed by atoms with E-state index in [0.717, 1.165) is 18.7 Å². The average Bonchev–Trinajstić information content (AvgIpc) is 2.74. The molecule has 4 nitrogen and oxygen atoms in total. The van der Waals surface area contributed by atoms with Crippen LogP contribution < -0.4 is 10.6 Å². The van der Waals surface area contributed by atoms with Crippen molar-refractivity contribution in [3.8, 4) is 0 Å². The maximum absolute atomic E-state index is 11.7. The van der Waals surface area contributed by atoms with Crippen molar-refractivity contribution in [1.82, 2.24) is 10.6 Å². The van der Waals surface area contributed by atoms with Crippen LogP contribution in [-0.4, -0.2) is 44.2 Å². The van der Waals surface area contributed by atoms with Gasteiger partial charge in [-0.05, 0) is 24.0 Å². The van der Waals surface area contributed by atoms with Crippen LogP contribution in [-0.2, 0) is 9.53 Å². The summed E-state index contributed by atoms with van der Waals surface area (Å²) in [5.74, 6) is 0.661. The summed E-state index contributed by atoms with van der Waals surface area (Å²) in [5.41, 5.74) is 0.988. The summed E-state index contributed by atoms with van der Waals surface area (Å²) in [6.07, 6.45) is 1.80. The number of thioether (sulfide) groups is 1. The Labute approximate surface area is 145 Å². The third-order valence-electron chi connectivity index (χ3n) is 3.52. The molecular weight excluding hydrogens is 343 g/mol. The summed E-state index contributed by atoms with van der Waals surface area (Å²) in [6, 6.07) is 5.56. The van der Waals surface area contributed by atoms with Gasteiger partial charge in [0, 0.05) is 25.6 Å². The molecule has 1 aliphatic rings. The fourth-order valence-electron chi connectivity index (χ4n) is 2.45. The highest BCUT2D eigenvalue weighted by Gasteiger charge is 2.27. The molecule has 2 atom stereocenters. The highest BCUT2D eigenvalue weighted by Crippen LogP contribution is 2.31. The molecule has 1 aromatic carbocycles. The first kappa shape index (κ1) is 17.9. The van der Waals surface area contributed by atoms with E-state index in [9.17, 15) is 4.79 Å². The number of rotatable bonds is 5. The summed E-state index contributed by atoms with van der Waals surface area (Å²) in [4.78, 5) is 11.7. The van der Waals surface area contributed by atoms with Gasteiger partial charge in [-0.2, -0.15) is 11.8 Å². The van der Waals surface area contributed by atoms with Crippen molar-refractivity contribution < 1.29 is 9.53 Å². The molecule has 0 aliphatic carbocycles. The van der Waals surface area contributed by atoms with E-state index in [4.69, 9.17) is 27.9 Å². The highest BCUT2D eigenvalue weighted by molar-refractivity contribution is 7.99. The molecule has 1 aromatic rings. The standard InChI is InChI=1S/C15H20Cl2N2O2S/c1-22-9-14(20)19-8-11-7-18-4-5-21-15(11)10-2-3-12(16)13(17)6-10/h2-3,6,11,15,18H,4-5,7-9H2,1H3,(H,19,20). The summed E-state index contributed by atoms with van der Waals surface area (Å²) in [6.45, 7) is 2.77. The molecule has 1 aliphatic heterocycles. The van der Waals surface area contributed by atoms with Gasteiger partial charge in [0.05, 0.1) is 28.5 Å². The topological polar surface area (TPSA) is 50.4 Å². The molecule has 0 bridgehead atoms. The van der Waals surface area contributed by atoms with Crippen LogP contribution in [0.25, 0.3) is 0 Å². The minimum atomic E-state index is -0.112. The quantitative estimate of drug-likeness (QED) is 0.845. The van der Waals surface area contributed by atoms with Crippen molar-refractivity contribution in [2.45, 2.75) is 6.10 Å². The zero-order chi connectivity index (χ0) is 15.9. The molecule has 0 radical (unpaired) electrons. The molecule has 0 aromatic heterocycles. The van der Waals surface area contributed by atoms with Gasteiger partial charge in [-0.25, -0.2) is 0 Å². The Morgan fingerprint density at radius 2 is 2.27 bits per heavy atom. The minimum absolute atomic E-state index is 0.0460. The molecule has 1 heterocycles. The van der Waals surface area contributed by atoms with Crippen molar-refractivity contribution in [2.75, 3.05) is 38.2 Å². The minimum Gasteiger partial charge on any atom is -0.372 e. The van der Waals surface area contributed by atoms with Crippen molar-refractivity contribution in [1.29, 1.82) is 0 Å². The number of halogens is 2. The Morgan fingerprint density at radius 1 is 1.45 bits per heavy atom.